The van der Waals surface area contributed by atoms with E-state index >= 15 is 0 Å². The summed E-state index contributed by atoms with van der Waals surface area (Å²) in [4.78, 5) is 4.47. The molecule has 0 fully saturated rings. The molecule has 1 heterocycles. The molecule has 1 aromatic heterocycles. The highest BCUT2D eigenvalue weighted by Gasteiger charge is 2.17. The summed E-state index contributed by atoms with van der Waals surface area (Å²) in [5.41, 5.74) is 8.26. The molecule has 106 valence electrons. The van der Waals surface area contributed by atoms with Gasteiger partial charge in [0.05, 0.1) is 18.2 Å². The summed E-state index contributed by atoms with van der Waals surface area (Å²) in [5.74, 6) is -0.125. The van der Waals surface area contributed by atoms with E-state index in [1.54, 1.807) is 6.07 Å². The van der Waals surface area contributed by atoms with Gasteiger partial charge in [0, 0.05) is 17.3 Å². The van der Waals surface area contributed by atoms with Crippen molar-refractivity contribution in [3.63, 3.8) is 0 Å². The SMILES string of the molecule is COc1c(O)cc(O)c2c(N)cc(-c3ccccc3)nc12. The van der Waals surface area contributed by atoms with E-state index in [1.165, 1.54) is 13.2 Å². The van der Waals surface area contributed by atoms with Gasteiger partial charge in [0.2, 0.25) is 0 Å². The van der Waals surface area contributed by atoms with Crippen LogP contribution in [-0.2, 0) is 0 Å². The summed E-state index contributed by atoms with van der Waals surface area (Å²) in [6, 6.07) is 12.4. The van der Waals surface area contributed by atoms with Crippen LogP contribution in [0.15, 0.2) is 42.5 Å². The number of anilines is 1. The highest BCUT2D eigenvalue weighted by molar-refractivity contribution is 6.01. The van der Waals surface area contributed by atoms with Gasteiger partial charge in [-0.25, -0.2) is 4.98 Å². The largest absolute Gasteiger partial charge is 0.507 e. The van der Waals surface area contributed by atoms with Gasteiger partial charge >= 0.3 is 0 Å². The third-order valence-electron chi connectivity index (χ3n) is 3.30. The van der Waals surface area contributed by atoms with Crippen molar-refractivity contribution in [2.45, 2.75) is 0 Å². The lowest BCUT2D eigenvalue weighted by molar-refractivity contribution is 0.374. The average Bonchev–Trinajstić information content (AvgIpc) is 2.47. The van der Waals surface area contributed by atoms with E-state index in [4.69, 9.17) is 10.5 Å². The summed E-state index contributed by atoms with van der Waals surface area (Å²) in [6.07, 6.45) is 0. The fourth-order valence-electron chi connectivity index (χ4n) is 2.34. The molecule has 0 bridgehead atoms. The number of aromatic hydroxyl groups is 2. The number of hydrogen-bond acceptors (Lipinski definition) is 5. The molecule has 0 spiro atoms. The Morgan fingerprint density at radius 2 is 1.76 bits per heavy atom. The molecule has 0 atom stereocenters. The van der Waals surface area contributed by atoms with Gasteiger partial charge in [-0.15, -0.1) is 0 Å². The van der Waals surface area contributed by atoms with E-state index in [1.807, 2.05) is 30.3 Å². The number of nitrogens with two attached hydrogens (primary N) is 1. The topological polar surface area (TPSA) is 88.6 Å². The van der Waals surface area contributed by atoms with Gasteiger partial charge in [-0.2, -0.15) is 0 Å². The van der Waals surface area contributed by atoms with Crippen LogP contribution in [0.2, 0.25) is 0 Å². The Bertz CT molecular complexity index is 817. The van der Waals surface area contributed by atoms with Gasteiger partial charge in [0.15, 0.2) is 11.5 Å². The van der Waals surface area contributed by atoms with Crippen molar-refractivity contribution < 1.29 is 14.9 Å². The van der Waals surface area contributed by atoms with Gasteiger partial charge in [-0.1, -0.05) is 30.3 Å². The number of fused-ring (bicyclic) bond motifs is 1. The summed E-state index contributed by atoms with van der Waals surface area (Å²) in [6.45, 7) is 0. The van der Waals surface area contributed by atoms with Crippen LogP contribution in [0.5, 0.6) is 17.2 Å². The van der Waals surface area contributed by atoms with Crippen LogP contribution in [0.25, 0.3) is 22.2 Å². The number of aromatic nitrogens is 1. The molecular formula is C16H14N2O3. The van der Waals surface area contributed by atoms with E-state index in [9.17, 15) is 10.2 Å². The maximum absolute atomic E-state index is 9.98. The molecule has 21 heavy (non-hydrogen) atoms. The second kappa shape index (κ2) is 4.86. The third kappa shape index (κ3) is 2.08. The van der Waals surface area contributed by atoms with Gasteiger partial charge < -0.3 is 20.7 Å². The van der Waals surface area contributed by atoms with Gasteiger partial charge in [0.25, 0.3) is 0 Å². The fraction of sp³-hybridized carbons (Fsp3) is 0.0625. The van der Waals surface area contributed by atoms with Crippen molar-refractivity contribution in [1.82, 2.24) is 4.98 Å². The predicted molar refractivity (Wildman–Crippen MR) is 81.5 cm³/mol. The molecule has 0 aliphatic carbocycles. The molecule has 2 aromatic carbocycles. The first-order valence-electron chi connectivity index (χ1n) is 6.36. The van der Waals surface area contributed by atoms with Gasteiger partial charge in [-0.3, -0.25) is 0 Å². The molecule has 4 N–H and O–H groups in total. The number of benzene rings is 2. The minimum atomic E-state index is -0.181. The quantitative estimate of drug-likeness (QED) is 0.672. The third-order valence-corrected chi connectivity index (χ3v) is 3.30. The lowest BCUT2D eigenvalue weighted by atomic mass is 10.1. The lowest BCUT2D eigenvalue weighted by Gasteiger charge is -2.12. The number of nitrogen functional groups attached to an aromatic ring is 1. The number of pyridine rings is 1. The zero-order chi connectivity index (χ0) is 15.0. The summed E-state index contributed by atoms with van der Waals surface area (Å²) < 4.78 is 5.18. The highest BCUT2D eigenvalue weighted by Crippen LogP contribution is 2.42. The van der Waals surface area contributed by atoms with Crippen LogP contribution < -0.4 is 10.5 Å². The monoisotopic (exact) mass is 282 g/mol. The molecule has 0 aliphatic rings. The number of phenols is 2. The molecule has 0 unspecified atom stereocenters. The number of ether oxygens (including phenoxy) is 1. The van der Waals surface area contributed by atoms with Crippen LogP contribution in [0.4, 0.5) is 5.69 Å². The molecule has 0 saturated heterocycles. The molecule has 5 heteroatoms. The standard InChI is InChI=1S/C16H14N2O3/c1-21-16-13(20)8-12(19)14-10(17)7-11(18-15(14)16)9-5-3-2-4-6-9/h2-8,19-20H,1H3,(H2,17,18). The molecule has 3 aromatic rings. The van der Waals surface area contributed by atoms with Gasteiger partial charge in [0.1, 0.15) is 11.3 Å². The Morgan fingerprint density at radius 3 is 2.43 bits per heavy atom. The highest BCUT2D eigenvalue weighted by atomic mass is 16.5. The van der Waals surface area contributed by atoms with E-state index in [2.05, 4.69) is 4.98 Å². The molecule has 0 saturated carbocycles. The molecular weight excluding hydrogens is 268 g/mol. The lowest BCUT2D eigenvalue weighted by Crippen LogP contribution is -1.96. The Balaban J connectivity index is 2.38. The summed E-state index contributed by atoms with van der Waals surface area (Å²) in [5, 5.41) is 20.2. The van der Waals surface area contributed by atoms with E-state index in [0.717, 1.165) is 5.56 Å². The molecule has 0 amide bonds. The van der Waals surface area contributed by atoms with Crippen molar-refractivity contribution in [2.75, 3.05) is 12.8 Å². The minimum Gasteiger partial charge on any atom is -0.507 e. The van der Waals surface area contributed by atoms with Crippen LogP contribution >= 0.6 is 0 Å². The number of nitrogens with zero attached hydrogens (tertiary/aromatic N) is 1. The average molecular weight is 282 g/mol. The summed E-state index contributed by atoms with van der Waals surface area (Å²) >= 11 is 0. The first kappa shape index (κ1) is 13.1. The Morgan fingerprint density at radius 1 is 1.05 bits per heavy atom. The molecule has 0 aliphatic heterocycles. The first-order chi connectivity index (χ1) is 10.1. The van der Waals surface area contributed by atoms with E-state index < -0.39 is 0 Å². The molecule has 5 nitrogen and oxygen atoms in total. The fourth-order valence-corrected chi connectivity index (χ4v) is 2.34. The zero-order valence-corrected chi connectivity index (χ0v) is 11.4. The van der Waals surface area contributed by atoms with Crippen LogP contribution in [0, 0.1) is 0 Å². The van der Waals surface area contributed by atoms with E-state index in [-0.39, 0.29) is 17.2 Å². The van der Waals surface area contributed by atoms with E-state index in [0.29, 0.717) is 22.3 Å². The van der Waals surface area contributed by atoms with Crippen molar-refractivity contribution in [2.24, 2.45) is 0 Å². The minimum absolute atomic E-state index is 0.132. The number of hydrogen-bond donors (Lipinski definition) is 3. The van der Waals surface area contributed by atoms with Crippen LogP contribution in [0.3, 0.4) is 0 Å². The normalized spacial score (nSPS) is 10.7. The first-order valence-corrected chi connectivity index (χ1v) is 6.36. The maximum Gasteiger partial charge on any atom is 0.187 e. The van der Waals surface area contributed by atoms with Crippen molar-refractivity contribution in [3.05, 3.63) is 42.5 Å². The maximum atomic E-state index is 9.98. The van der Waals surface area contributed by atoms with Crippen LogP contribution in [-0.4, -0.2) is 22.3 Å². The smallest absolute Gasteiger partial charge is 0.187 e. The Hall–Kier alpha value is -2.95. The Kier molecular flexibility index (Phi) is 3.02. The number of methoxy groups -OCH3 is 1. The number of rotatable bonds is 2. The van der Waals surface area contributed by atoms with Crippen LogP contribution in [0.1, 0.15) is 0 Å². The van der Waals surface area contributed by atoms with Crippen molar-refractivity contribution in [3.8, 4) is 28.5 Å². The summed E-state index contributed by atoms with van der Waals surface area (Å²) in [7, 11) is 1.43. The number of phenolic OH excluding ortho intramolecular Hbond substituents is 2. The predicted octanol–water partition coefficient (Wildman–Crippen LogP) is 2.90. The van der Waals surface area contributed by atoms with Crippen molar-refractivity contribution in [1.29, 1.82) is 0 Å². The molecule has 3 rings (SSSR count). The van der Waals surface area contributed by atoms with Gasteiger partial charge in [-0.05, 0) is 6.07 Å². The zero-order valence-electron chi connectivity index (χ0n) is 11.4. The second-order valence-electron chi connectivity index (χ2n) is 4.63. The second-order valence-corrected chi connectivity index (χ2v) is 4.63. The van der Waals surface area contributed by atoms with Crippen molar-refractivity contribution >= 4 is 16.6 Å². The molecule has 0 radical (unpaired) electrons. The Labute approximate surface area is 121 Å².